The molecule has 172 valence electrons. The van der Waals surface area contributed by atoms with Gasteiger partial charge in [-0.05, 0) is 61.5 Å². The molecule has 0 aliphatic rings. The predicted octanol–water partition coefficient (Wildman–Crippen LogP) is 5.11. The van der Waals surface area contributed by atoms with Crippen molar-refractivity contribution in [3.05, 3.63) is 99.1 Å². The Kier molecular flexibility index (Phi) is 6.84. The van der Waals surface area contributed by atoms with Gasteiger partial charge in [-0.2, -0.15) is 0 Å². The fraction of sp³-hybridized carbons (Fsp3) is 0.154. The summed E-state index contributed by atoms with van der Waals surface area (Å²) in [6.07, 6.45) is 3.40. The molecule has 0 aliphatic heterocycles. The van der Waals surface area contributed by atoms with E-state index >= 15 is 0 Å². The van der Waals surface area contributed by atoms with Crippen molar-refractivity contribution in [1.29, 1.82) is 0 Å². The third-order valence-electron chi connectivity index (χ3n) is 5.36. The molecule has 6 nitrogen and oxygen atoms in total. The standard InChI is InChI=1S/C26H22ClFN4O2/c1-3-31(17(2)33)16-20-8-6-7-19(29-20)12-14-25-30-23-13-11-18(28)15-21(23)26(34)32(25)24-10-5-4-9-22(24)27/h4-15H,3,16H2,1-2H3. The molecule has 4 rings (SSSR count). The third-order valence-corrected chi connectivity index (χ3v) is 5.68. The van der Waals surface area contributed by atoms with E-state index in [2.05, 4.69) is 9.97 Å². The maximum atomic E-state index is 13.9. The largest absolute Gasteiger partial charge is 0.337 e. The molecule has 0 aliphatic carbocycles. The van der Waals surface area contributed by atoms with Crippen molar-refractivity contribution >= 4 is 40.6 Å². The second kappa shape index (κ2) is 9.97. The summed E-state index contributed by atoms with van der Waals surface area (Å²) in [7, 11) is 0. The number of hydrogen-bond acceptors (Lipinski definition) is 4. The van der Waals surface area contributed by atoms with E-state index in [9.17, 15) is 14.0 Å². The summed E-state index contributed by atoms with van der Waals surface area (Å²) in [6, 6.07) is 16.3. The minimum absolute atomic E-state index is 0.0224. The van der Waals surface area contributed by atoms with Gasteiger partial charge in [0, 0.05) is 13.5 Å². The van der Waals surface area contributed by atoms with Gasteiger partial charge < -0.3 is 4.90 Å². The molecule has 8 heteroatoms. The highest BCUT2D eigenvalue weighted by Crippen LogP contribution is 2.22. The van der Waals surface area contributed by atoms with Crippen LogP contribution in [0.2, 0.25) is 5.02 Å². The molecule has 0 spiro atoms. The van der Waals surface area contributed by atoms with Crippen molar-refractivity contribution in [2.75, 3.05) is 6.54 Å². The Hall–Kier alpha value is -3.84. The molecule has 0 unspecified atom stereocenters. The van der Waals surface area contributed by atoms with Gasteiger partial charge >= 0.3 is 0 Å². The van der Waals surface area contributed by atoms with E-state index in [1.807, 2.05) is 25.1 Å². The average molecular weight is 477 g/mol. The first-order chi connectivity index (χ1) is 16.4. The highest BCUT2D eigenvalue weighted by atomic mass is 35.5. The van der Waals surface area contributed by atoms with Crippen molar-refractivity contribution in [3.8, 4) is 5.69 Å². The first kappa shape index (κ1) is 23.3. The number of benzene rings is 2. The second-order valence-electron chi connectivity index (χ2n) is 7.64. The van der Waals surface area contributed by atoms with Gasteiger partial charge in [0.05, 0.1) is 39.5 Å². The van der Waals surface area contributed by atoms with Crippen LogP contribution in [0.5, 0.6) is 0 Å². The van der Waals surface area contributed by atoms with Crippen molar-refractivity contribution in [3.63, 3.8) is 0 Å². The summed E-state index contributed by atoms with van der Waals surface area (Å²) in [4.78, 5) is 36.0. The van der Waals surface area contributed by atoms with Crippen LogP contribution in [0.3, 0.4) is 0 Å². The molecule has 1 amide bonds. The second-order valence-corrected chi connectivity index (χ2v) is 8.05. The molecule has 0 radical (unpaired) electrons. The Morgan fingerprint density at radius 3 is 2.62 bits per heavy atom. The number of pyridine rings is 1. The SMILES string of the molecule is CCN(Cc1cccc(C=Cc2nc3ccc(F)cc3c(=O)n2-c2ccccc2Cl)n1)C(C)=O. The molecule has 0 N–H and O–H groups in total. The Morgan fingerprint density at radius 1 is 1.09 bits per heavy atom. The molecule has 0 atom stereocenters. The van der Waals surface area contributed by atoms with E-state index in [1.54, 1.807) is 41.3 Å². The zero-order valence-corrected chi connectivity index (χ0v) is 19.5. The van der Waals surface area contributed by atoms with Crippen molar-refractivity contribution < 1.29 is 9.18 Å². The van der Waals surface area contributed by atoms with Crippen LogP contribution < -0.4 is 5.56 Å². The van der Waals surface area contributed by atoms with Crippen molar-refractivity contribution in [1.82, 2.24) is 19.4 Å². The van der Waals surface area contributed by atoms with Crippen LogP contribution in [0.15, 0.2) is 65.5 Å². The summed E-state index contributed by atoms with van der Waals surface area (Å²) in [5.74, 6) is -0.220. The molecule has 0 saturated carbocycles. The van der Waals surface area contributed by atoms with Crippen LogP contribution in [0.4, 0.5) is 4.39 Å². The maximum absolute atomic E-state index is 13.9. The molecule has 2 aromatic carbocycles. The van der Waals surface area contributed by atoms with E-state index < -0.39 is 11.4 Å². The minimum Gasteiger partial charge on any atom is -0.337 e. The molecule has 2 aromatic heterocycles. The fourth-order valence-corrected chi connectivity index (χ4v) is 3.85. The van der Waals surface area contributed by atoms with Crippen LogP contribution in [0.1, 0.15) is 31.1 Å². The maximum Gasteiger partial charge on any atom is 0.266 e. The number of carbonyl (C=O) groups excluding carboxylic acids is 1. The first-order valence-corrected chi connectivity index (χ1v) is 11.1. The fourth-order valence-electron chi connectivity index (χ4n) is 3.63. The summed E-state index contributed by atoms with van der Waals surface area (Å²) in [5, 5.41) is 0.516. The van der Waals surface area contributed by atoms with Gasteiger partial charge in [0.2, 0.25) is 5.91 Å². The number of nitrogens with zero attached hydrogens (tertiary/aromatic N) is 4. The third kappa shape index (κ3) is 4.89. The van der Waals surface area contributed by atoms with Gasteiger partial charge in [-0.3, -0.25) is 19.1 Å². The van der Waals surface area contributed by atoms with E-state index in [0.717, 1.165) is 5.69 Å². The number of aromatic nitrogens is 3. The molecule has 0 saturated heterocycles. The lowest BCUT2D eigenvalue weighted by molar-refractivity contribution is -0.129. The van der Waals surface area contributed by atoms with E-state index in [0.29, 0.717) is 40.8 Å². The van der Waals surface area contributed by atoms with Gasteiger partial charge in [-0.1, -0.05) is 29.8 Å². The molecular formula is C26H22ClFN4O2. The lowest BCUT2D eigenvalue weighted by Crippen LogP contribution is -2.28. The summed E-state index contributed by atoms with van der Waals surface area (Å²) in [6.45, 7) is 4.43. The quantitative estimate of drug-likeness (QED) is 0.387. The van der Waals surface area contributed by atoms with E-state index in [4.69, 9.17) is 11.6 Å². The Morgan fingerprint density at radius 2 is 1.88 bits per heavy atom. The topological polar surface area (TPSA) is 68.1 Å². The van der Waals surface area contributed by atoms with Crippen LogP contribution in [-0.2, 0) is 11.3 Å². The van der Waals surface area contributed by atoms with Crippen LogP contribution >= 0.6 is 11.6 Å². The van der Waals surface area contributed by atoms with Crippen molar-refractivity contribution in [2.24, 2.45) is 0 Å². The van der Waals surface area contributed by atoms with Crippen LogP contribution in [0, 0.1) is 5.82 Å². The highest BCUT2D eigenvalue weighted by molar-refractivity contribution is 6.32. The number of halogens is 2. The Balaban J connectivity index is 1.81. The lowest BCUT2D eigenvalue weighted by Gasteiger charge is -2.18. The molecular weight excluding hydrogens is 455 g/mol. The van der Waals surface area contributed by atoms with Gasteiger partial charge in [0.1, 0.15) is 11.6 Å². The summed E-state index contributed by atoms with van der Waals surface area (Å²) >= 11 is 6.38. The van der Waals surface area contributed by atoms with Crippen LogP contribution in [0.25, 0.3) is 28.7 Å². The normalized spacial score (nSPS) is 11.3. The van der Waals surface area contributed by atoms with Gasteiger partial charge in [-0.15, -0.1) is 0 Å². The van der Waals surface area contributed by atoms with Crippen molar-refractivity contribution in [2.45, 2.75) is 20.4 Å². The molecule has 0 bridgehead atoms. The summed E-state index contributed by atoms with van der Waals surface area (Å²) < 4.78 is 15.2. The number of fused-ring (bicyclic) bond motifs is 1. The molecule has 0 fully saturated rings. The predicted molar refractivity (Wildman–Crippen MR) is 132 cm³/mol. The zero-order valence-electron chi connectivity index (χ0n) is 18.7. The number of para-hydroxylation sites is 1. The first-order valence-electron chi connectivity index (χ1n) is 10.7. The molecule has 4 aromatic rings. The van der Waals surface area contributed by atoms with Gasteiger partial charge in [-0.25, -0.2) is 9.37 Å². The number of carbonyl (C=O) groups is 1. The number of amides is 1. The zero-order chi connectivity index (χ0) is 24.2. The monoisotopic (exact) mass is 476 g/mol. The number of rotatable bonds is 6. The smallest absolute Gasteiger partial charge is 0.266 e. The highest BCUT2D eigenvalue weighted by Gasteiger charge is 2.14. The minimum atomic E-state index is -0.520. The van der Waals surface area contributed by atoms with Crippen LogP contribution in [-0.4, -0.2) is 31.9 Å². The Bertz CT molecular complexity index is 1470. The molecule has 2 heterocycles. The molecule has 34 heavy (non-hydrogen) atoms. The van der Waals surface area contributed by atoms with Gasteiger partial charge in [0.15, 0.2) is 0 Å². The number of hydrogen-bond donors (Lipinski definition) is 0. The van der Waals surface area contributed by atoms with Gasteiger partial charge in [0.25, 0.3) is 5.56 Å². The summed E-state index contributed by atoms with van der Waals surface area (Å²) in [5.41, 5.74) is 1.75. The lowest BCUT2D eigenvalue weighted by atomic mass is 10.2. The van der Waals surface area contributed by atoms with E-state index in [1.165, 1.54) is 29.7 Å². The Labute approximate surface area is 201 Å². The average Bonchev–Trinajstić information content (AvgIpc) is 2.82. The van der Waals surface area contributed by atoms with E-state index in [-0.39, 0.29) is 11.3 Å².